The predicted molar refractivity (Wildman–Crippen MR) is 107 cm³/mol. The second-order valence-corrected chi connectivity index (χ2v) is 7.42. The molecule has 0 spiro atoms. The van der Waals surface area contributed by atoms with Crippen LogP contribution < -0.4 is 5.32 Å². The number of carbonyl (C=O) groups is 3. The quantitative estimate of drug-likeness (QED) is 0.615. The molecule has 1 aromatic carbocycles. The van der Waals surface area contributed by atoms with Crippen LogP contribution in [0, 0.1) is 6.92 Å². The average Bonchev–Trinajstić information content (AvgIpc) is 3.36. The Morgan fingerprint density at radius 1 is 1.11 bits per heavy atom. The molecule has 3 aromatic rings. The van der Waals surface area contributed by atoms with Crippen LogP contribution in [0.3, 0.4) is 0 Å². The van der Waals surface area contributed by atoms with Gasteiger partial charge in [0.1, 0.15) is 9.88 Å². The minimum atomic E-state index is -0.590. The molecule has 0 saturated heterocycles. The molecule has 0 aliphatic heterocycles. The number of rotatable bonds is 6. The maximum Gasteiger partial charge on any atom is 0.350 e. The largest absolute Gasteiger partial charge is 0.465 e. The van der Waals surface area contributed by atoms with Crippen molar-refractivity contribution in [3.05, 3.63) is 57.2 Å². The third-order valence-corrected chi connectivity index (χ3v) is 5.54. The second kappa shape index (κ2) is 8.77. The first-order valence-corrected chi connectivity index (χ1v) is 9.89. The van der Waals surface area contributed by atoms with E-state index in [9.17, 15) is 14.4 Å². The molecule has 0 saturated carbocycles. The Morgan fingerprint density at radius 3 is 2.50 bits per heavy atom. The van der Waals surface area contributed by atoms with Gasteiger partial charge in [0, 0.05) is 16.6 Å². The van der Waals surface area contributed by atoms with Gasteiger partial charge in [0.15, 0.2) is 6.61 Å². The number of amides is 1. The van der Waals surface area contributed by atoms with E-state index in [0.29, 0.717) is 21.8 Å². The maximum atomic E-state index is 12.3. The van der Waals surface area contributed by atoms with Gasteiger partial charge in [0.2, 0.25) is 0 Å². The molecular weight excluding hydrogens is 400 g/mol. The molecule has 28 heavy (non-hydrogen) atoms. The first-order chi connectivity index (χ1) is 13.5. The minimum absolute atomic E-state index is 0.369. The molecule has 2 aromatic heterocycles. The SMILES string of the molecule is COC(=O)c1ccc(NC(=O)COC(=O)c2sc(-c3ccsc3)nc2C)cc1. The van der Waals surface area contributed by atoms with E-state index in [2.05, 4.69) is 15.0 Å². The normalized spacial score (nSPS) is 10.4. The van der Waals surface area contributed by atoms with E-state index in [-0.39, 0.29) is 0 Å². The van der Waals surface area contributed by atoms with Gasteiger partial charge < -0.3 is 14.8 Å². The van der Waals surface area contributed by atoms with E-state index < -0.39 is 24.5 Å². The predicted octanol–water partition coefficient (Wildman–Crippen LogP) is 3.76. The van der Waals surface area contributed by atoms with Crippen molar-refractivity contribution in [2.75, 3.05) is 19.0 Å². The number of thiophene rings is 1. The number of nitrogens with zero attached hydrogens (tertiary/aromatic N) is 1. The van der Waals surface area contributed by atoms with Crippen LogP contribution in [-0.2, 0) is 14.3 Å². The van der Waals surface area contributed by atoms with Gasteiger partial charge in [-0.1, -0.05) is 0 Å². The van der Waals surface area contributed by atoms with E-state index in [0.717, 1.165) is 10.6 Å². The third kappa shape index (κ3) is 4.62. The fourth-order valence-corrected chi connectivity index (χ4v) is 3.97. The number of esters is 2. The van der Waals surface area contributed by atoms with Crippen LogP contribution in [0.4, 0.5) is 5.69 Å². The van der Waals surface area contributed by atoms with Gasteiger partial charge in [-0.25, -0.2) is 14.6 Å². The van der Waals surface area contributed by atoms with Crippen LogP contribution in [0.25, 0.3) is 10.6 Å². The Morgan fingerprint density at radius 2 is 1.86 bits per heavy atom. The summed E-state index contributed by atoms with van der Waals surface area (Å²) < 4.78 is 9.71. The van der Waals surface area contributed by atoms with Crippen LogP contribution >= 0.6 is 22.7 Å². The number of nitrogens with one attached hydrogen (secondary N) is 1. The van der Waals surface area contributed by atoms with Crippen molar-refractivity contribution in [3.63, 3.8) is 0 Å². The van der Waals surface area contributed by atoms with E-state index in [1.165, 1.54) is 30.6 Å². The molecule has 0 radical (unpaired) electrons. The molecule has 1 amide bonds. The molecule has 0 aliphatic rings. The Kier molecular flexibility index (Phi) is 6.17. The summed E-state index contributed by atoms with van der Waals surface area (Å²) in [5, 5.41) is 7.22. The summed E-state index contributed by atoms with van der Waals surface area (Å²) in [6.07, 6.45) is 0. The van der Waals surface area contributed by atoms with E-state index >= 15 is 0 Å². The topological polar surface area (TPSA) is 94.6 Å². The van der Waals surface area contributed by atoms with Crippen molar-refractivity contribution in [1.82, 2.24) is 4.98 Å². The number of aromatic nitrogens is 1. The van der Waals surface area contributed by atoms with E-state index in [4.69, 9.17) is 4.74 Å². The lowest BCUT2D eigenvalue weighted by atomic mass is 10.2. The highest BCUT2D eigenvalue weighted by Gasteiger charge is 2.19. The number of benzene rings is 1. The molecule has 144 valence electrons. The lowest BCUT2D eigenvalue weighted by molar-refractivity contribution is -0.119. The highest BCUT2D eigenvalue weighted by Crippen LogP contribution is 2.29. The van der Waals surface area contributed by atoms with Gasteiger partial charge in [-0.05, 0) is 42.6 Å². The molecule has 7 nitrogen and oxygen atoms in total. The van der Waals surface area contributed by atoms with Gasteiger partial charge in [0.25, 0.3) is 5.91 Å². The first kappa shape index (κ1) is 19.7. The lowest BCUT2D eigenvalue weighted by Crippen LogP contribution is -2.20. The summed E-state index contributed by atoms with van der Waals surface area (Å²) in [5.74, 6) is -1.54. The van der Waals surface area contributed by atoms with Crippen LogP contribution in [0.15, 0.2) is 41.1 Å². The molecule has 0 aliphatic carbocycles. The zero-order chi connectivity index (χ0) is 20.1. The standard InChI is InChI=1S/C19H16N2O5S2/c1-11-16(28-17(20-11)13-7-8-27-10-13)19(24)26-9-15(22)21-14-5-3-12(4-6-14)18(23)25-2/h3-8,10H,9H2,1-2H3,(H,21,22). The van der Waals surface area contributed by atoms with Gasteiger partial charge >= 0.3 is 11.9 Å². The summed E-state index contributed by atoms with van der Waals surface area (Å²) in [7, 11) is 1.29. The second-order valence-electron chi connectivity index (χ2n) is 5.64. The molecule has 3 rings (SSSR count). The van der Waals surface area contributed by atoms with Crippen LogP contribution in [0.1, 0.15) is 25.7 Å². The van der Waals surface area contributed by atoms with Crippen molar-refractivity contribution in [1.29, 1.82) is 0 Å². The Bertz CT molecular complexity index is 994. The molecule has 0 bridgehead atoms. The summed E-state index contributed by atoms with van der Waals surface area (Å²) in [4.78, 5) is 40.4. The Labute approximate surface area is 168 Å². The minimum Gasteiger partial charge on any atom is -0.465 e. The molecular formula is C19H16N2O5S2. The molecule has 0 fully saturated rings. The molecule has 0 atom stereocenters. The van der Waals surface area contributed by atoms with Gasteiger partial charge in [0.05, 0.1) is 18.4 Å². The lowest BCUT2D eigenvalue weighted by Gasteiger charge is -2.07. The average molecular weight is 416 g/mol. The van der Waals surface area contributed by atoms with Crippen LogP contribution in [-0.4, -0.2) is 36.5 Å². The molecule has 2 heterocycles. The zero-order valence-corrected chi connectivity index (χ0v) is 16.7. The molecule has 1 N–H and O–H groups in total. The summed E-state index contributed by atoms with van der Waals surface area (Å²) in [6.45, 7) is 1.30. The summed E-state index contributed by atoms with van der Waals surface area (Å²) in [6, 6.07) is 8.11. The summed E-state index contributed by atoms with van der Waals surface area (Å²) >= 11 is 2.78. The molecule has 0 unspecified atom stereocenters. The van der Waals surface area contributed by atoms with Gasteiger partial charge in [-0.15, -0.1) is 11.3 Å². The van der Waals surface area contributed by atoms with Crippen molar-refractivity contribution < 1.29 is 23.9 Å². The third-order valence-electron chi connectivity index (χ3n) is 3.67. The van der Waals surface area contributed by atoms with Crippen molar-refractivity contribution in [2.24, 2.45) is 0 Å². The summed E-state index contributed by atoms with van der Waals surface area (Å²) in [5.41, 5.74) is 2.36. The fraction of sp³-hybridized carbons (Fsp3) is 0.158. The van der Waals surface area contributed by atoms with E-state index in [1.807, 2.05) is 16.8 Å². The highest BCUT2D eigenvalue weighted by atomic mass is 32.1. The Balaban J connectivity index is 1.56. The fourth-order valence-electron chi connectivity index (χ4n) is 2.30. The Hall–Kier alpha value is -3.04. The van der Waals surface area contributed by atoms with Crippen LogP contribution in [0.5, 0.6) is 0 Å². The van der Waals surface area contributed by atoms with Crippen molar-refractivity contribution in [2.45, 2.75) is 6.92 Å². The number of thiazole rings is 1. The van der Waals surface area contributed by atoms with Crippen molar-refractivity contribution >= 4 is 46.2 Å². The number of anilines is 1. The molecule has 9 heteroatoms. The zero-order valence-electron chi connectivity index (χ0n) is 15.1. The number of aryl methyl sites for hydroxylation is 1. The van der Waals surface area contributed by atoms with Gasteiger partial charge in [-0.2, -0.15) is 11.3 Å². The number of ether oxygens (including phenoxy) is 2. The number of carbonyl (C=O) groups excluding carboxylic acids is 3. The van der Waals surface area contributed by atoms with E-state index in [1.54, 1.807) is 30.4 Å². The highest BCUT2D eigenvalue weighted by molar-refractivity contribution is 7.17. The van der Waals surface area contributed by atoms with Crippen LogP contribution in [0.2, 0.25) is 0 Å². The van der Waals surface area contributed by atoms with Gasteiger partial charge in [-0.3, -0.25) is 4.79 Å². The maximum absolute atomic E-state index is 12.3. The monoisotopic (exact) mass is 416 g/mol. The number of hydrogen-bond donors (Lipinski definition) is 1. The number of hydrogen-bond acceptors (Lipinski definition) is 8. The smallest absolute Gasteiger partial charge is 0.350 e. The number of methoxy groups -OCH3 is 1. The first-order valence-electron chi connectivity index (χ1n) is 8.13. The van der Waals surface area contributed by atoms with Crippen molar-refractivity contribution in [3.8, 4) is 10.6 Å².